The number of hydrogen-bond acceptors (Lipinski definition) is 6. The molecule has 3 aromatic heterocycles. The van der Waals surface area contributed by atoms with Gasteiger partial charge in [-0.15, -0.1) is 0 Å². The van der Waals surface area contributed by atoms with Crippen molar-refractivity contribution in [3.8, 4) is 0 Å². The molecule has 0 saturated heterocycles. The number of pyridine rings is 1. The second-order valence-electron chi connectivity index (χ2n) is 8.06. The van der Waals surface area contributed by atoms with E-state index in [2.05, 4.69) is 15.0 Å². The lowest BCUT2D eigenvalue weighted by molar-refractivity contribution is -0.109. The van der Waals surface area contributed by atoms with E-state index in [0.29, 0.717) is 22.6 Å². The highest BCUT2D eigenvalue weighted by Crippen LogP contribution is 2.44. The maximum Gasteiger partial charge on any atom is 0.240 e. The van der Waals surface area contributed by atoms with Crippen LogP contribution in [0, 0.1) is 12.8 Å². The molecule has 0 spiro atoms. The van der Waals surface area contributed by atoms with Crippen LogP contribution >= 0.6 is 11.8 Å². The zero-order valence-electron chi connectivity index (χ0n) is 17.2. The first-order valence-electron chi connectivity index (χ1n) is 10.1. The number of hydrogen-bond donors (Lipinski definition) is 1. The fraction of sp³-hybridized carbons (Fsp3) is 0.318. The molecule has 1 N–H and O–H groups in total. The summed E-state index contributed by atoms with van der Waals surface area (Å²) >= 11 is 1.33. The van der Waals surface area contributed by atoms with Crippen LogP contribution in [0.1, 0.15) is 31.4 Å². The van der Waals surface area contributed by atoms with E-state index in [1.54, 1.807) is 44.4 Å². The van der Waals surface area contributed by atoms with Crippen molar-refractivity contribution in [2.24, 2.45) is 5.92 Å². The molecular weight excluding hydrogens is 432 g/mol. The minimum absolute atomic E-state index is 0.0110. The van der Waals surface area contributed by atoms with Crippen molar-refractivity contribution in [1.29, 1.82) is 0 Å². The topological polar surface area (TPSA) is 97.7 Å². The highest BCUT2D eigenvalue weighted by molar-refractivity contribution is 8.13. The highest BCUT2D eigenvalue weighted by atomic mass is 32.2. The monoisotopic (exact) mass is 454 g/mol. The summed E-state index contributed by atoms with van der Waals surface area (Å²) in [5.74, 6) is 1.15. The molecule has 1 aromatic carbocycles. The molecule has 1 aliphatic rings. The van der Waals surface area contributed by atoms with Crippen molar-refractivity contribution < 1.29 is 13.2 Å². The number of fused-ring (bicyclic) bond motifs is 3. The number of thioether (sulfide) groups is 1. The highest BCUT2D eigenvalue weighted by Gasteiger charge is 2.37. The molecule has 7 nitrogen and oxygen atoms in total. The van der Waals surface area contributed by atoms with Gasteiger partial charge >= 0.3 is 0 Å². The minimum atomic E-state index is -3.82. The van der Waals surface area contributed by atoms with Gasteiger partial charge in [-0.3, -0.25) is 4.79 Å². The molecule has 5 rings (SSSR count). The number of aromatic amines is 1. The van der Waals surface area contributed by atoms with Crippen molar-refractivity contribution >= 4 is 48.8 Å². The Morgan fingerprint density at radius 3 is 2.77 bits per heavy atom. The number of aryl methyl sites for hydroxylation is 1. The van der Waals surface area contributed by atoms with Gasteiger partial charge in [0.15, 0.2) is 5.12 Å². The van der Waals surface area contributed by atoms with Crippen molar-refractivity contribution in [3.63, 3.8) is 0 Å². The van der Waals surface area contributed by atoms with Gasteiger partial charge < -0.3 is 9.55 Å². The zero-order valence-corrected chi connectivity index (χ0v) is 18.8. The molecule has 0 bridgehead atoms. The average Bonchev–Trinajstić information content (AvgIpc) is 3.31. The van der Waals surface area contributed by atoms with E-state index in [1.165, 1.54) is 11.8 Å². The van der Waals surface area contributed by atoms with Gasteiger partial charge in [0.25, 0.3) is 0 Å². The average molecular weight is 455 g/mol. The molecule has 0 unspecified atom stereocenters. The third-order valence-electron chi connectivity index (χ3n) is 5.92. The molecule has 0 radical (unpaired) electrons. The number of aromatic nitrogens is 4. The van der Waals surface area contributed by atoms with Crippen LogP contribution in [0.15, 0.2) is 52.8 Å². The number of rotatable bonds is 5. The molecule has 1 fully saturated rings. The first-order valence-corrected chi connectivity index (χ1v) is 12.6. The van der Waals surface area contributed by atoms with Crippen molar-refractivity contribution in [1.82, 2.24) is 19.5 Å². The fourth-order valence-electron chi connectivity index (χ4n) is 4.34. The van der Waals surface area contributed by atoms with Crippen LogP contribution in [0.25, 0.3) is 22.1 Å². The maximum atomic E-state index is 13.7. The molecule has 3 heterocycles. The van der Waals surface area contributed by atoms with E-state index in [4.69, 9.17) is 0 Å². The SMILES string of the molecule is CC(=O)SCC1CC(n2c(S(=O)(=O)c3ccccc3C)nc3cnc4[nH]ccc4c32)C1. The molecule has 0 atom stereocenters. The lowest BCUT2D eigenvalue weighted by atomic mass is 9.81. The lowest BCUT2D eigenvalue weighted by Gasteiger charge is -2.37. The van der Waals surface area contributed by atoms with Crippen LogP contribution in [-0.2, 0) is 14.6 Å². The predicted molar refractivity (Wildman–Crippen MR) is 121 cm³/mol. The summed E-state index contributed by atoms with van der Waals surface area (Å²) in [4.78, 5) is 23.7. The van der Waals surface area contributed by atoms with Crippen LogP contribution in [0.5, 0.6) is 0 Å². The molecule has 0 amide bonds. The minimum Gasteiger partial charge on any atom is -0.346 e. The van der Waals surface area contributed by atoms with Gasteiger partial charge in [-0.25, -0.2) is 18.4 Å². The first kappa shape index (κ1) is 20.3. The second-order valence-corrected chi connectivity index (χ2v) is 11.1. The number of carbonyl (C=O) groups is 1. The van der Waals surface area contributed by atoms with Gasteiger partial charge in [-0.1, -0.05) is 30.0 Å². The molecule has 9 heteroatoms. The van der Waals surface area contributed by atoms with E-state index in [-0.39, 0.29) is 21.2 Å². The Kier molecular flexibility index (Phi) is 4.90. The molecule has 160 valence electrons. The van der Waals surface area contributed by atoms with Crippen LogP contribution in [0.2, 0.25) is 0 Å². The summed E-state index contributed by atoms with van der Waals surface area (Å²) < 4.78 is 29.3. The smallest absolute Gasteiger partial charge is 0.240 e. The van der Waals surface area contributed by atoms with Gasteiger partial charge in [0, 0.05) is 30.3 Å². The standard InChI is InChI=1S/C22H22N4O3S2/c1-13-5-3-4-6-19(13)31(28,29)22-25-18-11-24-21-17(7-8-23-21)20(18)26(22)16-9-15(10-16)12-30-14(2)27/h3-8,11,15-16H,9-10,12H2,1-2H3,(H,23,24). The number of sulfone groups is 1. The van der Waals surface area contributed by atoms with E-state index >= 15 is 0 Å². The Morgan fingerprint density at radius 2 is 2.03 bits per heavy atom. The Bertz CT molecular complexity index is 1420. The summed E-state index contributed by atoms with van der Waals surface area (Å²) in [5, 5.41) is 1.03. The number of nitrogens with one attached hydrogen (secondary N) is 1. The van der Waals surface area contributed by atoms with Crippen LogP contribution in [0.4, 0.5) is 0 Å². The van der Waals surface area contributed by atoms with Gasteiger partial charge in [0.05, 0.1) is 16.6 Å². The molecular formula is C22H22N4O3S2. The number of benzene rings is 1. The molecule has 1 saturated carbocycles. The number of nitrogens with zero attached hydrogens (tertiary/aromatic N) is 3. The largest absolute Gasteiger partial charge is 0.346 e. The Labute approximate surface area is 184 Å². The summed E-state index contributed by atoms with van der Waals surface area (Å²) in [6.45, 7) is 3.37. The van der Waals surface area contributed by atoms with Gasteiger partial charge in [0.1, 0.15) is 11.2 Å². The van der Waals surface area contributed by atoms with Gasteiger partial charge in [0.2, 0.25) is 15.0 Å². The third-order valence-corrected chi connectivity index (χ3v) is 8.77. The summed E-state index contributed by atoms with van der Waals surface area (Å²) in [5.41, 5.74) is 2.76. The zero-order chi connectivity index (χ0) is 21.8. The second kappa shape index (κ2) is 7.49. The van der Waals surface area contributed by atoms with Crippen LogP contribution in [0.3, 0.4) is 0 Å². The van der Waals surface area contributed by atoms with Gasteiger partial charge in [-0.2, -0.15) is 0 Å². The lowest BCUT2D eigenvalue weighted by Crippen LogP contribution is -2.30. The van der Waals surface area contributed by atoms with E-state index in [1.807, 2.05) is 16.7 Å². The summed E-state index contributed by atoms with van der Waals surface area (Å²) in [6, 6.07) is 8.91. The van der Waals surface area contributed by atoms with Crippen LogP contribution in [-0.4, -0.2) is 38.8 Å². The quantitative estimate of drug-likeness (QED) is 0.483. The Hall–Kier alpha value is -2.65. The Morgan fingerprint density at radius 1 is 1.26 bits per heavy atom. The Balaban J connectivity index is 1.66. The normalized spacial score (nSPS) is 19.0. The maximum absolute atomic E-state index is 13.7. The molecule has 4 aromatic rings. The van der Waals surface area contributed by atoms with E-state index in [0.717, 1.165) is 29.5 Å². The van der Waals surface area contributed by atoms with Gasteiger partial charge in [-0.05, 0) is 43.4 Å². The first-order chi connectivity index (χ1) is 14.9. The number of carbonyl (C=O) groups excluding carboxylic acids is 1. The number of H-pyrrole nitrogens is 1. The van der Waals surface area contributed by atoms with Crippen molar-refractivity contribution in [3.05, 3.63) is 48.3 Å². The van der Waals surface area contributed by atoms with Crippen molar-refractivity contribution in [2.45, 2.75) is 42.8 Å². The van der Waals surface area contributed by atoms with Crippen LogP contribution < -0.4 is 0 Å². The van der Waals surface area contributed by atoms with E-state index in [9.17, 15) is 13.2 Å². The van der Waals surface area contributed by atoms with Crippen molar-refractivity contribution in [2.75, 3.05) is 5.75 Å². The van der Waals surface area contributed by atoms with E-state index < -0.39 is 9.84 Å². The predicted octanol–water partition coefficient (Wildman–Crippen LogP) is 4.28. The summed E-state index contributed by atoms with van der Waals surface area (Å²) in [6.07, 6.45) is 5.06. The number of imidazole rings is 1. The molecule has 1 aliphatic carbocycles. The summed E-state index contributed by atoms with van der Waals surface area (Å²) in [7, 11) is -3.82. The fourth-order valence-corrected chi connectivity index (χ4v) is 6.74. The molecule has 31 heavy (non-hydrogen) atoms. The molecule has 0 aliphatic heterocycles. The third kappa shape index (κ3) is 3.36.